The molecule has 1 N–H and O–H groups in total. The van der Waals surface area contributed by atoms with Crippen molar-refractivity contribution in [3.05, 3.63) is 69.3 Å². The minimum Gasteiger partial charge on any atom is -0.507 e. The van der Waals surface area contributed by atoms with Gasteiger partial charge < -0.3 is 5.11 Å². The highest BCUT2D eigenvalue weighted by atomic mass is 16.3. The van der Waals surface area contributed by atoms with Crippen LogP contribution in [0, 0.1) is 6.92 Å². The fourth-order valence-corrected chi connectivity index (χ4v) is 3.37. The molecule has 0 amide bonds. The Bertz CT molecular complexity index is 1120. The van der Waals surface area contributed by atoms with E-state index >= 15 is 0 Å². The number of phenolic OH excluding ortho intramolecular Hbond substituents is 1. The number of phenols is 1. The maximum Gasteiger partial charge on any atom is 0.282 e. The Kier molecular flexibility index (Phi) is 5.11. The van der Waals surface area contributed by atoms with Gasteiger partial charge in [0.1, 0.15) is 11.6 Å². The van der Waals surface area contributed by atoms with Crippen LogP contribution in [0.15, 0.2) is 46.3 Å². The first-order valence-corrected chi connectivity index (χ1v) is 9.80. The van der Waals surface area contributed by atoms with E-state index in [-0.39, 0.29) is 16.4 Å². The molecule has 3 rings (SSSR count). The summed E-state index contributed by atoms with van der Waals surface area (Å²) in [5.74, 6) is 0.846. The van der Waals surface area contributed by atoms with E-state index in [1.54, 1.807) is 19.2 Å². The minimum absolute atomic E-state index is 0.199. The predicted octanol–water partition coefficient (Wildman–Crippen LogP) is 4.89. The molecule has 152 valence electrons. The van der Waals surface area contributed by atoms with Gasteiger partial charge >= 0.3 is 0 Å². The Morgan fingerprint density at radius 3 is 2.10 bits per heavy atom. The lowest BCUT2D eigenvalue weighted by atomic mass is 9.78. The zero-order valence-electron chi connectivity index (χ0n) is 18.2. The maximum atomic E-state index is 12.8. The summed E-state index contributed by atoms with van der Waals surface area (Å²) in [7, 11) is 0. The molecule has 29 heavy (non-hydrogen) atoms. The van der Waals surface area contributed by atoms with Gasteiger partial charge in [-0.2, -0.15) is 9.78 Å². The number of benzene rings is 2. The van der Waals surface area contributed by atoms with E-state index in [1.165, 1.54) is 4.68 Å². The number of hydrogen-bond acceptors (Lipinski definition) is 4. The van der Waals surface area contributed by atoms with Crippen LogP contribution in [-0.4, -0.2) is 21.0 Å². The lowest BCUT2D eigenvalue weighted by Gasteiger charge is -2.27. The number of aromatic nitrogens is 2. The molecule has 2 aromatic carbocycles. The zero-order chi connectivity index (χ0) is 21.6. The molecular formula is C24H29N3O2. The van der Waals surface area contributed by atoms with Crippen molar-refractivity contribution in [3.8, 4) is 5.75 Å². The molecular weight excluding hydrogens is 362 g/mol. The average molecular weight is 392 g/mol. The van der Waals surface area contributed by atoms with Crippen molar-refractivity contribution in [2.75, 3.05) is 0 Å². The Labute approximate surface area is 171 Å². The van der Waals surface area contributed by atoms with E-state index in [1.807, 2.05) is 30.3 Å². The summed E-state index contributed by atoms with van der Waals surface area (Å²) in [6.45, 7) is 14.2. The van der Waals surface area contributed by atoms with E-state index in [0.29, 0.717) is 22.5 Å². The van der Waals surface area contributed by atoms with Crippen molar-refractivity contribution < 1.29 is 5.11 Å². The number of hydrogen-bond donors (Lipinski definition) is 1. The minimum atomic E-state index is -0.231. The molecule has 0 spiro atoms. The summed E-state index contributed by atoms with van der Waals surface area (Å²) >= 11 is 0. The fraction of sp³-hybridized carbons (Fsp3) is 0.375. The first kappa shape index (κ1) is 20.8. The quantitative estimate of drug-likeness (QED) is 0.633. The van der Waals surface area contributed by atoms with Crippen molar-refractivity contribution in [3.63, 3.8) is 0 Å². The molecule has 0 saturated carbocycles. The van der Waals surface area contributed by atoms with Crippen molar-refractivity contribution in [1.29, 1.82) is 0 Å². The fourth-order valence-electron chi connectivity index (χ4n) is 3.37. The van der Waals surface area contributed by atoms with Crippen molar-refractivity contribution >= 4 is 17.1 Å². The van der Waals surface area contributed by atoms with Crippen LogP contribution >= 0.6 is 0 Å². The van der Waals surface area contributed by atoms with E-state index in [9.17, 15) is 9.90 Å². The summed E-state index contributed by atoms with van der Waals surface area (Å²) in [4.78, 5) is 17.3. The SMILES string of the molecule is Cc1nc2ccccc2c(=O)n1N=Cc1cc(C(C)(C)C)c(O)c(C(C)(C)C)c1. The Morgan fingerprint density at radius 2 is 1.55 bits per heavy atom. The second kappa shape index (κ2) is 7.14. The van der Waals surface area contributed by atoms with Crippen LogP contribution in [0.5, 0.6) is 5.75 Å². The van der Waals surface area contributed by atoms with Crippen LogP contribution in [0.3, 0.4) is 0 Å². The van der Waals surface area contributed by atoms with Crippen LogP contribution in [0.2, 0.25) is 0 Å². The number of aromatic hydroxyl groups is 1. The van der Waals surface area contributed by atoms with E-state index in [0.717, 1.165) is 16.7 Å². The van der Waals surface area contributed by atoms with Crippen LogP contribution in [0.4, 0.5) is 0 Å². The normalized spacial score (nSPS) is 12.8. The molecule has 5 heteroatoms. The first-order chi connectivity index (χ1) is 13.4. The molecule has 0 aliphatic heterocycles. The predicted molar refractivity (Wildman–Crippen MR) is 119 cm³/mol. The molecule has 0 bridgehead atoms. The van der Waals surface area contributed by atoms with Gasteiger partial charge in [0.25, 0.3) is 5.56 Å². The van der Waals surface area contributed by atoms with Crippen LogP contribution in [0.1, 0.15) is 64.1 Å². The van der Waals surface area contributed by atoms with Crippen molar-refractivity contribution in [1.82, 2.24) is 9.66 Å². The van der Waals surface area contributed by atoms with Crippen LogP contribution < -0.4 is 5.56 Å². The summed E-state index contributed by atoms with van der Waals surface area (Å²) in [5, 5.41) is 15.8. The third kappa shape index (κ3) is 4.09. The van der Waals surface area contributed by atoms with Gasteiger partial charge in [-0.25, -0.2) is 4.98 Å². The highest BCUT2D eigenvalue weighted by Crippen LogP contribution is 2.39. The number of nitrogens with zero attached hydrogens (tertiary/aromatic N) is 3. The van der Waals surface area contributed by atoms with Gasteiger partial charge in [-0.3, -0.25) is 4.79 Å². The summed E-state index contributed by atoms with van der Waals surface area (Å²) in [5.41, 5.74) is 2.54. The van der Waals surface area contributed by atoms with Gasteiger partial charge in [-0.15, -0.1) is 0 Å². The van der Waals surface area contributed by atoms with Crippen molar-refractivity contribution in [2.45, 2.75) is 59.3 Å². The van der Waals surface area contributed by atoms with Crippen LogP contribution in [-0.2, 0) is 10.8 Å². The van der Waals surface area contributed by atoms with Gasteiger partial charge in [0, 0.05) is 11.1 Å². The number of aryl methyl sites for hydroxylation is 1. The van der Waals surface area contributed by atoms with Gasteiger partial charge in [0.05, 0.1) is 17.1 Å². The summed E-state index contributed by atoms with van der Waals surface area (Å²) in [6, 6.07) is 11.1. The molecule has 0 atom stereocenters. The molecule has 1 aromatic heterocycles. The second-order valence-corrected chi connectivity index (χ2v) is 9.50. The highest BCUT2D eigenvalue weighted by molar-refractivity contribution is 5.82. The summed E-state index contributed by atoms with van der Waals surface area (Å²) < 4.78 is 1.32. The third-order valence-corrected chi connectivity index (χ3v) is 4.99. The molecule has 3 aromatic rings. The Hall–Kier alpha value is -2.95. The molecule has 0 aliphatic carbocycles. The van der Waals surface area contributed by atoms with E-state index in [4.69, 9.17) is 0 Å². The van der Waals surface area contributed by atoms with E-state index in [2.05, 4.69) is 51.6 Å². The molecule has 5 nitrogen and oxygen atoms in total. The van der Waals surface area contributed by atoms with Crippen molar-refractivity contribution in [2.24, 2.45) is 5.10 Å². The number of fused-ring (bicyclic) bond motifs is 1. The lowest BCUT2D eigenvalue weighted by molar-refractivity contribution is 0.423. The smallest absolute Gasteiger partial charge is 0.282 e. The Balaban J connectivity index is 2.17. The third-order valence-electron chi connectivity index (χ3n) is 4.99. The Morgan fingerprint density at radius 1 is 1.00 bits per heavy atom. The molecule has 0 fully saturated rings. The largest absolute Gasteiger partial charge is 0.507 e. The van der Waals surface area contributed by atoms with Gasteiger partial charge in [-0.1, -0.05) is 53.7 Å². The highest BCUT2D eigenvalue weighted by Gasteiger charge is 2.26. The topological polar surface area (TPSA) is 67.5 Å². The molecule has 0 radical (unpaired) electrons. The standard InChI is InChI=1S/C24H29N3O2/c1-15-26-20-11-9-8-10-17(20)22(29)27(15)25-14-16-12-18(23(2,3)4)21(28)19(13-16)24(5,6)7/h8-14,28H,1-7H3. The second-order valence-electron chi connectivity index (χ2n) is 9.50. The average Bonchev–Trinajstić information content (AvgIpc) is 2.60. The molecule has 0 aliphatic rings. The summed E-state index contributed by atoms with van der Waals surface area (Å²) in [6.07, 6.45) is 1.66. The first-order valence-electron chi connectivity index (χ1n) is 9.80. The number of para-hydroxylation sites is 1. The zero-order valence-corrected chi connectivity index (χ0v) is 18.2. The van der Waals surface area contributed by atoms with Gasteiger partial charge in [0.15, 0.2) is 0 Å². The maximum absolute atomic E-state index is 12.8. The van der Waals surface area contributed by atoms with E-state index < -0.39 is 0 Å². The monoisotopic (exact) mass is 391 g/mol. The number of rotatable bonds is 2. The molecule has 1 heterocycles. The molecule has 0 saturated heterocycles. The van der Waals surface area contributed by atoms with Gasteiger partial charge in [-0.05, 0) is 47.6 Å². The molecule has 0 unspecified atom stereocenters. The lowest BCUT2D eigenvalue weighted by Crippen LogP contribution is -2.21. The van der Waals surface area contributed by atoms with Crippen LogP contribution in [0.25, 0.3) is 10.9 Å². The van der Waals surface area contributed by atoms with Gasteiger partial charge in [0.2, 0.25) is 0 Å².